The maximum absolute atomic E-state index is 11.6. The van der Waals surface area contributed by atoms with E-state index in [0.717, 1.165) is 6.42 Å². The first kappa shape index (κ1) is 10.9. The van der Waals surface area contributed by atoms with E-state index in [-0.39, 0.29) is 17.0 Å². The van der Waals surface area contributed by atoms with Crippen molar-refractivity contribution in [2.75, 3.05) is 0 Å². The van der Waals surface area contributed by atoms with Gasteiger partial charge in [-0.2, -0.15) is 0 Å². The molecule has 0 amide bonds. The third kappa shape index (κ3) is 1.66. The Balaban J connectivity index is 2.20. The third-order valence-electron chi connectivity index (χ3n) is 3.56. The highest BCUT2D eigenvalue weighted by Gasteiger charge is 2.53. The van der Waals surface area contributed by atoms with Crippen LogP contribution in [-0.4, -0.2) is 24.1 Å². The summed E-state index contributed by atoms with van der Waals surface area (Å²) in [5.41, 5.74) is -0.0170. The van der Waals surface area contributed by atoms with Gasteiger partial charge < -0.3 is 9.31 Å². The van der Waals surface area contributed by atoms with Crippen molar-refractivity contribution in [1.82, 2.24) is 0 Å². The number of hydrogen-bond donors (Lipinski definition) is 0. The molecule has 2 aliphatic rings. The molecule has 82 valence electrons. The summed E-state index contributed by atoms with van der Waals surface area (Å²) in [7, 11) is -0.468. The van der Waals surface area contributed by atoms with E-state index in [9.17, 15) is 4.79 Å². The van der Waals surface area contributed by atoms with Gasteiger partial charge in [0.25, 0.3) is 0 Å². The molecule has 0 aromatic heterocycles. The molecule has 0 radical (unpaired) electrons. The number of Topliss-reactive ketones (excluding diaryl/α,β-unsaturated/α-hetero) is 1. The highest BCUT2D eigenvalue weighted by molar-refractivity contribution is 6.62. The Hall–Kier alpha value is -0.605. The second-order valence-corrected chi connectivity index (χ2v) is 5.21. The van der Waals surface area contributed by atoms with E-state index in [0.29, 0.717) is 11.9 Å². The van der Waals surface area contributed by atoms with Crippen molar-refractivity contribution in [2.24, 2.45) is 0 Å². The van der Waals surface area contributed by atoms with Crippen LogP contribution in [0.4, 0.5) is 0 Å². The third-order valence-corrected chi connectivity index (χ3v) is 3.56. The predicted octanol–water partition coefficient (Wildman–Crippen LogP) is 1.91. The van der Waals surface area contributed by atoms with E-state index < -0.39 is 7.12 Å². The molecule has 3 nitrogen and oxygen atoms in total. The first-order valence-electron chi connectivity index (χ1n) is 5.42. The monoisotopic (exact) mass is 208 g/mol. The van der Waals surface area contributed by atoms with Crippen molar-refractivity contribution >= 4 is 12.9 Å². The van der Waals surface area contributed by atoms with Crippen LogP contribution in [0.15, 0.2) is 11.5 Å². The highest BCUT2D eigenvalue weighted by Crippen LogP contribution is 2.39. The Morgan fingerprint density at radius 3 is 2.13 bits per heavy atom. The highest BCUT2D eigenvalue weighted by atomic mass is 16.7. The van der Waals surface area contributed by atoms with Crippen LogP contribution in [0.3, 0.4) is 0 Å². The van der Waals surface area contributed by atoms with Gasteiger partial charge in [0.05, 0.1) is 11.2 Å². The second-order valence-electron chi connectivity index (χ2n) is 5.21. The fraction of sp³-hybridized carbons (Fsp3) is 0.727. The molecule has 0 aromatic rings. The van der Waals surface area contributed by atoms with Crippen LogP contribution < -0.4 is 0 Å². The molecule has 0 aromatic carbocycles. The van der Waals surface area contributed by atoms with Gasteiger partial charge in [-0.05, 0) is 34.1 Å². The topological polar surface area (TPSA) is 35.5 Å². The quantitative estimate of drug-likeness (QED) is 0.617. The largest absolute Gasteiger partial charge is 0.498 e. The molecule has 1 saturated heterocycles. The number of hydrogen-bond acceptors (Lipinski definition) is 3. The Kier molecular flexibility index (Phi) is 2.32. The molecule has 2 rings (SSSR count). The number of allylic oxidation sites excluding steroid dienone is 2. The van der Waals surface area contributed by atoms with E-state index >= 15 is 0 Å². The molecule has 15 heavy (non-hydrogen) atoms. The molecule has 1 fully saturated rings. The van der Waals surface area contributed by atoms with Gasteiger partial charge in [-0.1, -0.05) is 6.08 Å². The Bertz CT molecular complexity index is 315. The fourth-order valence-electron chi connectivity index (χ4n) is 1.81. The van der Waals surface area contributed by atoms with Gasteiger partial charge >= 0.3 is 7.12 Å². The van der Waals surface area contributed by atoms with E-state index in [1.54, 1.807) is 0 Å². The summed E-state index contributed by atoms with van der Waals surface area (Å²) in [5, 5.41) is 0. The van der Waals surface area contributed by atoms with Gasteiger partial charge in [0.1, 0.15) is 0 Å². The normalized spacial score (nSPS) is 28.4. The molecule has 0 saturated carbocycles. The Morgan fingerprint density at radius 1 is 1.20 bits per heavy atom. The van der Waals surface area contributed by atoms with Gasteiger partial charge in [0.15, 0.2) is 5.78 Å². The minimum Gasteiger partial charge on any atom is -0.399 e. The summed E-state index contributed by atoms with van der Waals surface area (Å²) in [5.74, 6) is 0.161. The molecule has 0 unspecified atom stereocenters. The molecule has 1 aliphatic carbocycles. The van der Waals surface area contributed by atoms with Crippen molar-refractivity contribution in [3.8, 4) is 0 Å². The van der Waals surface area contributed by atoms with Crippen LogP contribution in [-0.2, 0) is 14.1 Å². The van der Waals surface area contributed by atoms with Gasteiger partial charge in [-0.15, -0.1) is 0 Å². The molecule has 1 aliphatic heterocycles. The summed E-state index contributed by atoms with van der Waals surface area (Å²) >= 11 is 0. The zero-order valence-electron chi connectivity index (χ0n) is 9.79. The SMILES string of the molecule is CC1(C)OB(C2=CCCC2=O)OC1(C)C. The predicted molar refractivity (Wildman–Crippen MR) is 58.4 cm³/mol. The molecular formula is C11H17BO3. The summed E-state index contributed by atoms with van der Waals surface area (Å²) in [6.45, 7) is 7.97. The molecule has 0 N–H and O–H groups in total. The Labute approximate surface area is 91.0 Å². The minimum atomic E-state index is -0.468. The van der Waals surface area contributed by atoms with Gasteiger partial charge in [-0.3, -0.25) is 4.79 Å². The average Bonchev–Trinajstić information content (AvgIpc) is 2.55. The molecular weight excluding hydrogens is 191 g/mol. The fourth-order valence-corrected chi connectivity index (χ4v) is 1.81. The first-order valence-corrected chi connectivity index (χ1v) is 5.42. The summed E-state index contributed by atoms with van der Waals surface area (Å²) in [6, 6.07) is 0. The lowest BCUT2D eigenvalue weighted by atomic mass is 9.77. The van der Waals surface area contributed by atoms with Crippen LogP contribution in [0.1, 0.15) is 40.5 Å². The maximum Gasteiger partial charge on any atom is 0.498 e. The molecule has 0 bridgehead atoms. The lowest BCUT2D eigenvalue weighted by molar-refractivity contribution is -0.114. The molecule has 4 heteroatoms. The van der Waals surface area contributed by atoms with Crippen molar-refractivity contribution in [3.05, 3.63) is 11.5 Å². The van der Waals surface area contributed by atoms with E-state index in [4.69, 9.17) is 9.31 Å². The van der Waals surface area contributed by atoms with Crippen molar-refractivity contribution < 1.29 is 14.1 Å². The van der Waals surface area contributed by atoms with Crippen molar-refractivity contribution in [1.29, 1.82) is 0 Å². The van der Waals surface area contributed by atoms with E-state index in [1.807, 2.05) is 33.8 Å². The summed E-state index contributed by atoms with van der Waals surface area (Å²) in [6.07, 6.45) is 3.35. The minimum absolute atomic E-state index is 0.161. The van der Waals surface area contributed by atoms with Crippen LogP contribution in [0, 0.1) is 0 Å². The van der Waals surface area contributed by atoms with E-state index in [1.165, 1.54) is 0 Å². The lowest BCUT2D eigenvalue weighted by Gasteiger charge is -2.32. The molecule has 1 heterocycles. The Morgan fingerprint density at radius 2 is 1.73 bits per heavy atom. The zero-order valence-corrected chi connectivity index (χ0v) is 9.79. The maximum atomic E-state index is 11.6. The van der Waals surface area contributed by atoms with Crippen LogP contribution >= 0.6 is 0 Å². The summed E-state index contributed by atoms with van der Waals surface area (Å²) in [4.78, 5) is 11.6. The smallest absolute Gasteiger partial charge is 0.399 e. The number of rotatable bonds is 1. The van der Waals surface area contributed by atoms with Gasteiger partial charge in [-0.25, -0.2) is 0 Å². The standard InChI is InChI=1S/C11H17BO3/c1-10(2)11(3,4)15-12(14-10)8-6-5-7-9(8)13/h6H,5,7H2,1-4H3. The van der Waals surface area contributed by atoms with E-state index in [2.05, 4.69) is 0 Å². The lowest BCUT2D eigenvalue weighted by Crippen LogP contribution is -2.41. The van der Waals surface area contributed by atoms with Crippen LogP contribution in [0.2, 0.25) is 0 Å². The van der Waals surface area contributed by atoms with Gasteiger partial charge in [0.2, 0.25) is 0 Å². The first-order chi connectivity index (χ1) is 6.83. The van der Waals surface area contributed by atoms with Gasteiger partial charge in [0, 0.05) is 11.9 Å². The summed E-state index contributed by atoms with van der Waals surface area (Å²) < 4.78 is 11.6. The molecule has 0 spiro atoms. The van der Waals surface area contributed by atoms with Crippen LogP contribution in [0.5, 0.6) is 0 Å². The number of ketones is 1. The van der Waals surface area contributed by atoms with Crippen molar-refractivity contribution in [3.63, 3.8) is 0 Å². The second kappa shape index (κ2) is 3.19. The van der Waals surface area contributed by atoms with Crippen LogP contribution in [0.25, 0.3) is 0 Å². The molecule has 0 atom stereocenters. The number of carbonyl (C=O) groups is 1. The van der Waals surface area contributed by atoms with Crippen molar-refractivity contribution in [2.45, 2.75) is 51.7 Å². The number of carbonyl (C=O) groups excluding carboxylic acids is 1. The average molecular weight is 208 g/mol. The zero-order chi connectivity index (χ0) is 11.3.